The molecule has 0 aliphatic carbocycles. The highest BCUT2D eigenvalue weighted by Gasteiger charge is 2.19. The summed E-state index contributed by atoms with van der Waals surface area (Å²) in [6.45, 7) is 1.76. The van der Waals surface area contributed by atoms with Crippen LogP contribution < -0.4 is 10.1 Å². The summed E-state index contributed by atoms with van der Waals surface area (Å²) < 4.78 is 5.15. The third-order valence-electron chi connectivity index (χ3n) is 3.82. The fourth-order valence-corrected chi connectivity index (χ4v) is 3.33. The number of amides is 1. The zero-order chi connectivity index (χ0) is 19.4. The average Bonchev–Trinajstić information content (AvgIpc) is 2.68. The number of nitro groups is 1. The number of benzene rings is 2. The topological polar surface area (TPSA) is 107 Å². The number of ether oxygens (including phenoxy) is 1. The van der Waals surface area contributed by atoms with E-state index in [0.717, 1.165) is 10.9 Å². The van der Waals surface area contributed by atoms with Gasteiger partial charge in [-0.2, -0.15) is 0 Å². The number of carbonyl (C=O) groups excluding carboxylic acids is 1. The minimum atomic E-state index is -0.521. The zero-order valence-corrected chi connectivity index (χ0v) is 15.4. The lowest BCUT2D eigenvalue weighted by molar-refractivity contribution is -0.384. The molecule has 27 heavy (non-hydrogen) atoms. The van der Waals surface area contributed by atoms with Gasteiger partial charge in [0.15, 0.2) is 0 Å². The van der Waals surface area contributed by atoms with E-state index in [0.29, 0.717) is 10.7 Å². The van der Waals surface area contributed by atoms with Gasteiger partial charge in [0.2, 0.25) is 5.91 Å². The molecule has 0 radical (unpaired) electrons. The van der Waals surface area contributed by atoms with Gasteiger partial charge in [-0.1, -0.05) is 30.0 Å². The second-order valence-corrected chi connectivity index (χ2v) is 6.92. The van der Waals surface area contributed by atoms with Gasteiger partial charge in [-0.3, -0.25) is 14.9 Å². The van der Waals surface area contributed by atoms with Crippen molar-refractivity contribution in [2.75, 3.05) is 12.4 Å². The van der Waals surface area contributed by atoms with Crippen molar-refractivity contribution < 1.29 is 14.5 Å². The van der Waals surface area contributed by atoms with Crippen molar-refractivity contribution in [3.63, 3.8) is 0 Å². The van der Waals surface area contributed by atoms with Crippen molar-refractivity contribution in [2.24, 2.45) is 0 Å². The number of rotatable bonds is 6. The predicted molar refractivity (Wildman–Crippen MR) is 103 cm³/mol. The van der Waals surface area contributed by atoms with Crippen molar-refractivity contribution in [1.82, 2.24) is 9.97 Å². The van der Waals surface area contributed by atoms with Gasteiger partial charge in [0.25, 0.3) is 5.69 Å². The van der Waals surface area contributed by atoms with Crippen molar-refractivity contribution in [3.05, 3.63) is 58.9 Å². The molecule has 0 bridgehead atoms. The Morgan fingerprint density at radius 1 is 1.26 bits per heavy atom. The van der Waals surface area contributed by atoms with E-state index in [1.54, 1.807) is 6.92 Å². The largest absolute Gasteiger partial charge is 0.494 e. The molecule has 0 fully saturated rings. The van der Waals surface area contributed by atoms with Crippen LogP contribution in [0.3, 0.4) is 0 Å². The molecule has 1 aromatic heterocycles. The van der Waals surface area contributed by atoms with Gasteiger partial charge in [0.05, 0.1) is 34.6 Å². The minimum Gasteiger partial charge on any atom is -0.494 e. The predicted octanol–water partition coefficient (Wildman–Crippen LogP) is 3.67. The van der Waals surface area contributed by atoms with Crippen molar-refractivity contribution in [1.29, 1.82) is 0 Å². The Morgan fingerprint density at radius 3 is 2.78 bits per heavy atom. The lowest BCUT2D eigenvalue weighted by Gasteiger charge is -2.14. The lowest BCUT2D eigenvalue weighted by Crippen LogP contribution is -2.22. The number of nitro benzene ring substituents is 1. The van der Waals surface area contributed by atoms with E-state index in [4.69, 9.17) is 4.74 Å². The molecule has 3 rings (SSSR count). The maximum Gasteiger partial charge on any atom is 0.273 e. The highest BCUT2D eigenvalue weighted by molar-refractivity contribution is 8.00. The van der Waals surface area contributed by atoms with Crippen LogP contribution in [0, 0.1) is 10.1 Å². The lowest BCUT2D eigenvalue weighted by atomic mass is 10.2. The van der Waals surface area contributed by atoms with E-state index in [1.807, 2.05) is 24.3 Å². The Bertz CT molecular complexity index is 1010. The molecule has 2 aromatic carbocycles. The van der Waals surface area contributed by atoms with Gasteiger partial charge in [-0.05, 0) is 19.1 Å². The molecule has 0 aliphatic heterocycles. The minimum absolute atomic E-state index is 0.111. The molecule has 1 heterocycles. The average molecular weight is 384 g/mol. The Labute approximate surface area is 159 Å². The summed E-state index contributed by atoms with van der Waals surface area (Å²) in [5.41, 5.74) is 1.06. The van der Waals surface area contributed by atoms with Gasteiger partial charge in [-0.25, -0.2) is 9.97 Å². The molecule has 3 aromatic rings. The number of nitrogens with zero attached hydrogens (tertiary/aromatic N) is 3. The molecule has 0 saturated carbocycles. The molecular weight excluding hydrogens is 368 g/mol. The molecule has 0 saturated heterocycles. The summed E-state index contributed by atoms with van der Waals surface area (Å²) in [5.74, 6) is -0.0444. The van der Waals surface area contributed by atoms with Crippen LogP contribution in [0.25, 0.3) is 10.9 Å². The first-order valence-electron chi connectivity index (χ1n) is 7.99. The van der Waals surface area contributed by atoms with Crippen LogP contribution in [-0.4, -0.2) is 33.2 Å². The Morgan fingerprint density at radius 2 is 2.04 bits per heavy atom. The molecule has 1 amide bonds. The van der Waals surface area contributed by atoms with Crippen molar-refractivity contribution >= 4 is 39.9 Å². The van der Waals surface area contributed by atoms with Gasteiger partial charge in [0, 0.05) is 11.5 Å². The number of methoxy groups -OCH3 is 1. The van der Waals surface area contributed by atoms with Crippen LogP contribution in [0.5, 0.6) is 5.75 Å². The van der Waals surface area contributed by atoms with Crippen molar-refractivity contribution in [3.8, 4) is 5.75 Å². The van der Waals surface area contributed by atoms with Gasteiger partial charge < -0.3 is 10.1 Å². The number of aromatic nitrogens is 2. The molecule has 1 N–H and O–H groups in total. The number of anilines is 1. The van der Waals surface area contributed by atoms with E-state index < -0.39 is 10.2 Å². The second kappa shape index (κ2) is 8.00. The summed E-state index contributed by atoms with van der Waals surface area (Å²) in [4.78, 5) is 31.4. The Hall–Kier alpha value is -3.20. The number of non-ortho nitro benzene ring substituents is 1. The number of hydrogen-bond acceptors (Lipinski definition) is 7. The summed E-state index contributed by atoms with van der Waals surface area (Å²) in [6, 6.07) is 11.6. The zero-order valence-electron chi connectivity index (χ0n) is 14.6. The number of thioether (sulfide) groups is 1. The monoisotopic (exact) mass is 384 g/mol. The van der Waals surface area contributed by atoms with E-state index in [-0.39, 0.29) is 17.3 Å². The number of hydrogen-bond donors (Lipinski definition) is 1. The highest BCUT2D eigenvalue weighted by atomic mass is 32.2. The van der Waals surface area contributed by atoms with Crippen LogP contribution in [0.15, 0.2) is 53.8 Å². The molecule has 9 heteroatoms. The fourth-order valence-electron chi connectivity index (χ4n) is 2.43. The molecule has 0 unspecified atom stereocenters. The number of fused-ring (bicyclic) bond motifs is 1. The number of nitrogens with one attached hydrogen (secondary N) is 1. The maximum absolute atomic E-state index is 12.6. The first-order valence-corrected chi connectivity index (χ1v) is 8.87. The second-order valence-electron chi connectivity index (χ2n) is 5.59. The third-order valence-corrected chi connectivity index (χ3v) is 4.93. The van der Waals surface area contributed by atoms with Crippen LogP contribution >= 0.6 is 11.8 Å². The van der Waals surface area contributed by atoms with Gasteiger partial charge >= 0.3 is 0 Å². The summed E-state index contributed by atoms with van der Waals surface area (Å²) in [6.07, 6.45) is 1.47. The molecular formula is C18H16N4O4S. The maximum atomic E-state index is 12.6. The fraction of sp³-hybridized carbons (Fsp3) is 0.167. The van der Waals surface area contributed by atoms with Crippen LogP contribution in [0.4, 0.5) is 11.4 Å². The molecule has 138 valence electrons. The number of para-hydroxylation sites is 1. The first kappa shape index (κ1) is 18.6. The Kier molecular flexibility index (Phi) is 5.51. The SMILES string of the molecule is COc1cc([N+](=O)[O-])ccc1NC(=O)[C@H](C)Sc1ncnc2ccccc12. The van der Waals surface area contributed by atoms with E-state index in [1.165, 1.54) is 43.4 Å². The number of carbonyl (C=O) groups is 1. The third kappa shape index (κ3) is 4.14. The summed E-state index contributed by atoms with van der Waals surface area (Å²) >= 11 is 1.31. The van der Waals surface area contributed by atoms with E-state index in [9.17, 15) is 14.9 Å². The molecule has 1 atom stereocenters. The van der Waals surface area contributed by atoms with E-state index >= 15 is 0 Å². The van der Waals surface area contributed by atoms with Gasteiger partial charge in [-0.15, -0.1) is 0 Å². The summed E-state index contributed by atoms with van der Waals surface area (Å²) in [7, 11) is 1.39. The van der Waals surface area contributed by atoms with Crippen LogP contribution in [0.2, 0.25) is 0 Å². The van der Waals surface area contributed by atoms with Crippen molar-refractivity contribution in [2.45, 2.75) is 17.2 Å². The van der Waals surface area contributed by atoms with Crippen LogP contribution in [0.1, 0.15) is 6.92 Å². The van der Waals surface area contributed by atoms with Gasteiger partial charge in [0.1, 0.15) is 17.1 Å². The summed E-state index contributed by atoms with van der Waals surface area (Å²) in [5, 5.41) is 14.7. The standard InChI is InChI=1S/C18H16N4O4S/c1-11(27-18-13-5-3-4-6-14(13)19-10-20-18)17(23)21-15-8-7-12(22(24)25)9-16(15)26-2/h3-11H,1-2H3,(H,21,23)/t11-/m0/s1. The first-order chi connectivity index (χ1) is 13.0. The normalized spacial score (nSPS) is 11.8. The highest BCUT2D eigenvalue weighted by Crippen LogP contribution is 2.31. The smallest absolute Gasteiger partial charge is 0.273 e. The molecule has 8 nitrogen and oxygen atoms in total. The molecule has 0 spiro atoms. The Balaban J connectivity index is 1.77. The quantitative estimate of drug-likeness (QED) is 0.299. The molecule has 0 aliphatic rings. The van der Waals surface area contributed by atoms with E-state index in [2.05, 4.69) is 15.3 Å². The van der Waals surface area contributed by atoms with Crippen LogP contribution in [-0.2, 0) is 4.79 Å².